The number of rotatable bonds is 4. The maximum atomic E-state index is 8.71. The average Bonchev–Trinajstić information content (AvgIpc) is 2.88. The summed E-state index contributed by atoms with van der Waals surface area (Å²) >= 11 is 0. The maximum absolute atomic E-state index is 8.71. The molecule has 0 saturated heterocycles. The van der Waals surface area contributed by atoms with Crippen LogP contribution >= 0.6 is 0 Å². The Balaban J connectivity index is 2.52. The fourth-order valence-corrected chi connectivity index (χ4v) is 1.54. The highest BCUT2D eigenvalue weighted by molar-refractivity contribution is 5.94. The number of imidazole rings is 1. The van der Waals surface area contributed by atoms with Crippen molar-refractivity contribution in [2.45, 2.75) is 6.92 Å². The molecule has 0 fully saturated rings. The van der Waals surface area contributed by atoms with E-state index in [1.165, 1.54) is 6.20 Å². The molecule has 0 aliphatic heterocycles. The molecular formula is C11H13N5O2. The van der Waals surface area contributed by atoms with Crippen molar-refractivity contribution in [3.8, 4) is 11.6 Å². The Hall–Kier alpha value is -2.57. The third-order valence-corrected chi connectivity index (χ3v) is 2.26. The molecule has 2 heterocycles. The molecule has 7 nitrogen and oxygen atoms in total. The molecule has 0 radical (unpaired) electrons. The van der Waals surface area contributed by atoms with Gasteiger partial charge >= 0.3 is 0 Å². The monoisotopic (exact) mass is 247 g/mol. The van der Waals surface area contributed by atoms with Crippen molar-refractivity contribution in [3.05, 3.63) is 36.5 Å². The molecule has 0 bridgehead atoms. The van der Waals surface area contributed by atoms with Crippen LogP contribution in [0.5, 0.6) is 5.75 Å². The summed E-state index contributed by atoms with van der Waals surface area (Å²) in [5, 5.41) is 11.6. The molecule has 2 aromatic heterocycles. The maximum Gasteiger partial charge on any atom is 0.206 e. The number of oxime groups is 1. The van der Waals surface area contributed by atoms with Crippen molar-refractivity contribution in [3.63, 3.8) is 0 Å². The Kier molecular flexibility index (Phi) is 3.42. The Bertz CT molecular complexity index is 564. The molecule has 2 aromatic rings. The first-order valence-electron chi connectivity index (χ1n) is 5.37. The zero-order valence-electron chi connectivity index (χ0n) is 9.82. The van der Waals surface area contributed by atoms with Gasteiger partial charge in [0.25, 0.3) is 0 Å². The molecule has 18 heavy (non-hydrogen) atoms. The fourth-order valence-electron chi connectivity index (χ4n) is 1.54. The minimum atomic E-state index is -0.0897. The van der Waals surface area contributed by atoms with Crippen LogP contribution in [0.15, 0.2) is 35.9 Å². The van der Waals surface area contributed by atoms with Crippen molar-refractivity contribution < 1.29 is 9.94 Å². The quantitative estimate of drug-likeness (QED) is 0.359. The van der Waals surface area contributed by atoms with Gasteiger partial charge in [0.05, 0.1) is 6.61 Å². The van der Waals surface area contributed by atoms with Gasteiger partial charge in [0.2, 0.25) is 5.84 Å². The molecule has 7 heteroatoms. The molecule has 0 spiro atoms. The lowest BCUT2D eigenvalue weighted by Gasteiger charge is -2.11. The predicted molar refractivity (Wildman–Crippen MR) is 65.0 cm³/mol. The molecule has 2 rings (SSSR count). The van der Waals surface area contributed by atoms with E-state index in [4.69, 9.17) is 15.7 Å². The van der Waals surface area contributed by atoms with Gasteiger partial charge in [0.1, 0.15) is 0 Å². The number of hydrogen-bond acceptors (Lipinski definition) is 5. The van der Waals surface area contributed by atoms with Gasteiger partial charge in [-0.05, 0) is 19.1 Å². The van der Waals surface area contributed by atoms with E-state index in [2.05, 4.69) is 15.1 Å². The number of hydrogen-bond donors (Lipinski definition) is 2. The molecule has 3 N–H and O–H groups in total. The van der Waals surface area contributed by atoms with Crippen LogP contribution in [0.4, 0.5) is 0 Å². The molecule has 0 aliphatic rings. The van der Waals surface area contributed by atoms with Crippen LogP contribution in [0, 0.1) is 0 Å². The minimum Gasteiger partial charge on any atom is -0.490 e. The van der Waals surface area contributed by atoms with Gasteiger partial charge in [-0.3, -0.25) is 4.57 Å². The van der Waals surface area contributed by atoms with Crippen molar-refractivity contribution in [2.75, 3.05) is 6.61 Å². The highest BCUT2D eigenvalue weighted by Crippen LogP contribution is 2.20. The largest absolute Gasteiger partial charge is 0.490 e. The summed E-state index contributed by atoms with van der Waals surface area (Å²) in [6.45, 7) is 2.40. The molecule has 0 saturated carbocycles. The van der Waals surface area contributed by atoms with E-state index in [0.717, 1.165) is 0 Å². The molecule has 0 atom stereocenters. The second kappa shape index (κ2) is 5.17. The van der Waals surface area contributed by atoms with Crippen LogP contribution in [0.2, 0.25) is 0 Å². The summed E-state index contributed by atoms with van der Waals surface area (Å²) in [5.41, 5.74) is 5.55. The van der Waals surface area contributed by atoms with Crippen LogP contribution in [0.1, 0.15) is 12.7 Å². The number of nitrogens with zero attached hydrogens (tertiary/aromatic N) is 4. The van der Waals surface area contributed by atoms with Gasteiger partial charge in [-0.25, -0.2) is 9.97 Å². The predicted octanol–water partition coefficient (Wildman–Crippen LogP) is 0.761. The van der Waals surface area contributed by atoms with Crippen molar-refractivity contribution in [2.24, 2.45) is 10.9 Å². The lowest BCUT2D eigenvalue weighted by molar-refractivity contribution is 0.318. The summed E-state index contributed by atoms with van der Waals surface area (Å²) in [7, 11) is 0. The fraction of sp³-hybridized carbons (Fsp3) is 0.182. The molecule has 0 amide bonds. The normalized spacial score (nSPS) is 11.5. The Morgan fingerprint density at radius 3 is 3.06 bits per heavy atom. The summed E-state index contributed by atoms with van der Waals surface area (Å²) in [6, 6.07) is 3.57. The standard InChI is InChI=1S/C11H13N5O2/c1-2-18-8-4-3-5-13-10(8)16-7-6-14-11(16)9(12)15-17/h3-7,17H,2H2,1H3,(H2,12,15). The number of amidine groups is 1. The molecule has 0 aliphatic carbocycles. The average molecular weight is 247 g/mol. The smallest absolute Gasteiger partial charge is 0.206 e. The van der Waals surface area contributed by atoms with E-state index in [9.17, 15) is 0 Å². The molecular weight excluding hydrogens is 234 g/mol. The number of nitrogens with two attached hydrogens (primary N) is 1. The third-order valence-electron chi connectivity index (χ3n) is 2.26. The van der Waals surface area contributed by atoms with Gasteiger partial charge in [0.15, 0.2) is 17.4 Å². The van der Waals surface area contributed by atoms with Crippen LogP contribution < -0.4 is 10.5 Å². The lowest BCUT2D eigenvalue weighted by atomic mass is 10.4. The topological polar surface area (TPSA) is 98.5 Å². The minimum absolute atomic E-state index is 0.0897. The van der Waals surface area contributed by atoms with Gasteiger partial charge in [-0.15, -0.1) is 0 Å². The summed E-state index contributed by atoms with van der Waals surface area (Å²) in [6.07, 6.45) is 4.84. The van der Waals surface area contributed by atoms with Crippen LogP contribution in [0.25, 0.3) is 5.82 Å². The lowest BCUT2D eigenvalue weighted by Crippen LogP contribution is -2.19. The first kappa shape index (κ1) is 11.9. The molecule has 94 valence electrons. The SMILES string of the molecule is CCOc1cccnc1-n1ccnc1/C(N)=N/O. The highest BCUT2D eigenvalue weighted by atomic mass is 16.5. The van der Waals surface area contributed by atoms with E-state index in [1.54, 1.807) is 29.1 Å². The second-order valence-corrected chi connectivity index (χ2v) is 3.36. The Labute approximate surface area is 104 Å². The Morgan fingerprint density at radius 2 is 2.33 bits per heavy atom. The Morgan fingerprint density at radius 1 is 1.50 bits per heavy atom. The first-order valence-corrected chi connectivity index (χ1v) is 5.37. The first-order chi connectivity index (χ1) is 8.77. The van der Waals surface area contributed by atoms with Gasteiger partial charge in [0, 0.05) is 18.6 Å². The number of pyridine rings is 1. The van der Waals surface area contributed by atoms with Crippen molar-refractivity contribution in [1.29, 1.82) is 0 Å². The highest BCUT2D eigenvalue weighted by Gasteiger charge is 2.14. The van der Waals surface area contributed by atoms with Gasteiger partial charge < -0.3 is 15.7 Å². The molecule has 0 aromatic carbocycles. The van der Waals surface area contributed by atoms with Crippen LogP contribution in [-0.4, -0.2) is 32.2 Å². The summed E-state index contributed by atoms with van der Waals surface area (Å²) in [5.74, 6) is 1.36. The summed E-state index contributed by atoms with van der Waals surface area (Å²) in [4.78, 5) is 8.24. The number of aromatic nitrogens is 3. The molecule has 0 unspecified atom stereocenters. The van der Waals surface area contributed by atoms with E-state index in [0.29, 0.717) is 24.0 Å². The van der Waals surface area contributed by atoms with Crippen molar-refractivity contribution >= 4 is 5.84 Å². The number of ether oxygens (including phenoxy) is 1. The van der Waals surface area contributed by atoms with Crippen LogP contribution in [0.3, 0.4) is 0 Å². The van der Waals surface area contributed by atoms with E-state index in [-0.39, 0.29) is 5.84 Å². The van der Waals surface area contributed by atoms with Gasteiger partial charge in [-0.2, -0.15) is 0 Å². The van der Waals surface area contributed by atoms with Gasteiger partial charge in [-0.1, -0.05) is 5.16 Å². The van der Waals surface area contributed by atoms with Crippen molar-refractivity contribution in [1.82, 2.24) is 14.5 Å². The summed E-state index contributed by atoms with van der Waals surface area (Å²) < 4.78 is 7.07. The van der Waals surface area contributed by atoms with Crippen LogP contribution in [-0.2, 0) is 0 Å². The van der Waals surface area contributed by atoms with E-state index >= 15 is 0 Å². The van der Waals surface area contributed by atoms with E-state index < -0.39 is 0 Å². The third kappa shape index (κ3) is 2.10. The van der Waals surface area contributed by atoms with E-state index in [1.807, 2.05) is 6.92 Å². The zero-order chi connectivity index (χ0) is 13.0. The second-order valence-electron chi connectivity index (χ2n) is 3.36. The zero-order valence-corrected chi connectivity index (χ0v) is 9.82.